The van der Waals surface area contributed by atoms with E-state index in [9.17, 15) is 9.90 Å². The Morgan fingerprint density at radius 3 is 2.94 bits per heavy atom. The molecule has 0 fully saturated rings. The summed E-state index contributed by atoms with van der Waals surface area (Å²) in [5.41, 5.74) is 0.781. The maximum Gasteiger partial charge on any atom is 0.212 e. The molecule has 5 nitrogen and oxygen atoms in total. The zero-order valence-corrected chi connectivity index (χ0v) is 8.50. The molecule has 0 aliphatic carbocycles. The number of carbonyl (C=O) groups excluding carboxylic acids is 1. The smallest absolute Gasteiger partial charge is 0.212 e. The number of nitrogens with zero attached hydrogens (tertiary/aromatic N) is 2. The molecule has 0 aliphatic heterocycles. The lowest BCUT2D eigenvalue weighted by Crippen LogP contribution is -2.02. The lowest BCUT2D eigenvalue weighted by molar-refractivity contribution is -0.105. The van der Waals surface area contributed by atoms with Gasteiger partial charge < -0.3 is 10.4 Å². The minimum atomic E-state index is 0.239. The molecule has 2 N–H and O–H groups in total. The van der Waals surface area contributed by atoms with Gasteiger partial charge in [0, 0.05) is 17.8 Å². The van der Waals surface area contributed by atoms with Crippen LogP contribution in [0.25, 0.3) is 0 Å². The van der Waals surface area contributed by atoms with E-state index in [1.807, 2.05) is 12.1 Å². The topological polar surface area (TPSA) is 67.2 Å². The highest BCUT2D eigenvalue weighted by Crippen LogP contribution is 2.16. The van der Waals surface area contributed by atoms with Crippen LogP contribution < -0.4 is 5.32 Å². The zero-order valence-electron chi connectivity index (χ0n) is 8.50. The Labute approximate surface area is 92.3 Å². The Hall–Kier alpha value is -2.30. The minimum absolute atomic E-state index is 0.239. The monoisotopic (exact) mass is 217 g/mol. The van der Waals surface area contributed by atoms with Crippen molar-refractivity contribution < 1.29 is 9.90 Å². The van der Waals surface area contributed by atoms with E-state index in [0.717, 1.165) is 5.56 Å². The number of amides is 1. The fraction of sp³-hybridized carbons (Fsp3) is 0.0909. The van der Waals surface area contributed by atoms with E-state index >= 15 is 0 Å². The number of carbonyl (C=O) groups is 1. The predicted molar refractivity (Wildman–Crippen MR) is 59.1 cm³/mol. The summed E-state index contributed by atoms with van der Waals surface area (Å²) in [5.74, 6) is 0.730. The van der Waals surface area contributed by atoms with Crippen LogP contribution in [0.4, 0.5) is 5.82 Å². The Kier molecular flexibility index (Phi) is 2.86. The highest BCUT2D eigenvalue weighted by atomic mass is 16.3. The highest BCUT2D eigenvalue weighted by molar-refractivity contribution is 5.68. The summed E-state index contributed by atoms with van der Waals surface area (Å²) < 4.78 is 1.64. The third-order valence-corrected chi connectivity index (χ3v) is 2.17. The molecule has 0 bridgehead atoms. The van der Waals surface area contributed by atoms with Crippen LogP contribution in [0.15, 0.2) is 36.5 Å². The van der Waals surface area contributed by atoms with Crippen LogP contribution in [0.2, 0.25) is 0 Å². The second-order valence-electron chi connectivity index (χ2n) is 3.29. The molecular weight excluding hydrogens is 206 g/mol. The molecule has 0 saturated heterocycles. The molecule has 1 amide bonds. The van der Waals surface area contributed by atoms with Gasteiger partial charge in [-0.2, -0.15) is 5.10 Å². The van der Waals surface area contributed by atoms with Gasteiger partial charge >= 0.3 is 0 Å². The van der Waals surface area contributed by atoms with Gasteiger partial charge in [0.25, 0.3) is 0 Å². The highest BCUT2D eigenvalue weighted by Gasteiger charge is 2.02. The van der Waals surface area contributed by atoms with Gasteiger partial charge in [-0.1, -0.05) is 18.2 Å². The average molecular weight is 217 g/mol. The number of benzene rings is 1. The maximum atomic E-state index is 10.2. The largest absolute Gasteiger partial charge is 0.508 e. The Morgan fingerprint density at radius 2 is 2.19 bits per heavy atom. The van der Waals surface area contributed by atoms with Gasteiger partial charge in [0.2, 0.25) is 6.41 Å². The van der Waals surface area contributed by atoms with E-state index in [4.69, 9.17) is 0 Å². The number of para-hydroxylation sites is 1. The first kappa shape index (κ1) is 10.2. The van der Waals surface area contributed by atoms with Gasteiger partial charge in [0.1, 0.15) is 5.75 Å². The number of anilines is 1. The quantitative estimate of drug-likeness (QED) is 0.756. The van der Waals surface area contributed by atoms with E-state index in [1.54, 1.807) is 29.1 Å². The van der Waals surface area contributed by atoms with Crippen molar-refractivity contribution >= 4 is 12.2 Å². The predicted octanol–water partition coefficient (Wildman–Crippen LogP) is 1.21. The summed E-state index contributed by atoms with van der Waals surface area (Å²) in [6, 6.07) is 8.76. The zero-order chi connectivity index (χ0) is 11.4. The minimum Gasteiger partial charge on any atom is -0.508 e. The normalized spacial score (nSPS) is 10.0. The number of phenolic OH excluding ortho intramolecular Hbond substituents is 1. The fourth-order valence-corrected chi connectivity index (χ4v) is 1.41. The maximum absolute atomic E-state index is 10.2. The van der Waals surface area contributed by atoms with Crippen LogP contribution >= 0.6 is 0 Å². The van der Waals surface area contributed by atoms with Gasteiger partial charge in [0.15, 0.2) is 5.82 Å². The van der Waals surface area contributed by atoms with Gasteiger partial charge in [-0.15, -0.1) is 0 Å². The van der Waals surface area contributed by atoms with Gasteiger partial charge in [-0.25, -0.2) is 0 Å². The van der Waals surface area contributed by atoms with Crippen LogP contribution in [0.1, 0.15) is 5.56 Å². The van der Waals surface area contributed by atoms with E-state index in [-0.39, 0.29) is 5.75 Å². The molecule has 2 aromatic rings. The summed E-state index contributed by atoms with van der Waals surface area (Å²) in [6.07, 6.45) is 2.31. The van der Waals surface area contributed by atoms with Crippen LogP contribution in [-0.2, 0) is 11.3 Å². The Balaban J connectivity index is 2.14. The van der Waals surface area contributed by atoms with Crippen molar-refractivity contribution in [2.75, 3.05) is 5.32 Å². The number of hydrogen-bond donors (Lipinski definition) is 2. The third kappa shape index (κ3) is 2.20. The van der Waals surface area contributed by atoms with E-state index in [2.05, 4.69) is 10.4 Å². The van der Waals surface area contributed by atoms with Crippen molar-refractivity contribution in [3.63, 3.8) is 0 Å². The number of hydrogen-bond acceptors (Lipinski definition) is 3. The molecule has 1 aromatic heterocycles. The number of rotatable bonds is 4. The summed E-state index contributed by atoms with van der Waals surface area (Å²) in [5, 5.41) is 16.1. The SMILES string of the molecule is O=CNc1ccn(Cc2ccccc2O)n1. The third-order valence-electron chi connectivity index (χ3n) is 2.17. The lowest BCUT2D eigenvalue weighted by Gasteiger charge is -2.03. The van der Waals surface area contributed by atoms with Crippen molar-refractivity contribution in [2.45, 2.75) is 6.54 Å². The second-order valence-corrected chi connectivity index (χ2v) is 3.29. The lowest BCUT2D eigenvalue weighted by atomic mass is 10.2. The number of phenols is 1. The summed E-state index contributed by atoms with van der Waals surface area (Å²) in [4.78, 5) is 10.2. The molecule has 0 spiro atoms. The van der Waals surface area contributed by atoms with Crippen molar-refractivity contribution in [2.24, 2.45) is 0 Å². The van der Waals surface area contributed by atoms with Gasteiger partial charge in [-0.3, -0.25) is 9.48 Å². The molecule has 2 rings (SSSR count). The van der Waals surface area contributed by atoms with E-state index < -0.39 is 0 Å². The molecule has 1 heterocycles. The first-order valence-corrected chi connectivity index (χ1v) is 4.80. The van der Waals surface area contributed by atoms with Crippen molar-refractivity contribution in [1.82, 2.24) is 9.78 Å². The Morgan fingerprint density at radius 1 is 1.38 bits per heavy atom. The Bertz CT molecular complexity index is 493. The molecule has 0 saturated carbocycles. The van der Waals surface area contributed by atoms with Crippen LogP contribution in [-0.4, -0.2) is 21.3 Å². The summed E-state index contributed by atoms with van der Waals surface area (Å²) in [6.45, 7) is 0.465. The summed E-state index contributed by atoms with van der Waals surface area (Å²) in [7, 11) is 0. The first-order chi connectivity index (χ1) is 7.79. The van der Waals surface area contributed by atoms with Crippen LogP contribution in [0.5, 0.6) is 5.75 Å². The van der Waals surface area contributed by atoms with Gasteiger partial charge in [-0.05, 0) is 6.07 Å². The van der Waals surface area contributed by atoms with Crippen LogP contribution in [0.3, 0.4) is 0 Å². The molecule has 0 atom stereocenters. The molecule has 0 radical (unpaired) electrons. The number of aromatic hydroxyl groups is 1. The van der Waals surface area contributed by atoms with E-state index in [0.29, 0.717) is 18.8 Å². The first-order valence-electron chi connectivity index (χ1n) is 4.80. The standard InChI is InChI=1S/C11H11N3O2/c15-8-12-11-5-6-14(13-11)7-9-3-1-2-4-10(9)16/h1-6,8,16H,7H2,(H,12,13,15). The average Bonchev–Trinajstić information content (AvgIpc) is 2.70. The second kappa shape index (κ2) is 4.48. The van der Waals surface area contributed by atoms with Crippen molar-refractivity contribution in [1.29, 1.82) is 0 Å². The molecule has 5 heteroatoms. The molecule has 82 valence electrons. The summed E-state index contributed by atoms with van der Waals surface area (Å²) >= 11 is 0. The number of aromatic nitrogens is 2. The van der Waals surface area contributed by atoms with Gasteiger partial charge in [0.05, 0.1) is 6.54 Å². The molecule has 16 heavy (non-hydrogen) atoms. The molecule has 1 aromatic carbocycles. The fourth-order valence-electron chi connectivity index (χ4n) is 1.41. The van der Waals surface area contributed by atoms with Crippen LogP contribution in [0, 0.1) is 0 Å². The van der Waals surface area contributed by atoms with E-state index in [1.165, 1.54) is 0 Å². The number of nitrogens with one attached hydrogen (secondary N) is 1. The molecular formula is C11H11N3O2. The van der Waals surface area contributed by atoms with Crippen molar-refractivity contribution in [3.05, 3.63) is 42.1 Å². The molecule has 0 unspecified atom stereocenters. The molecule has 0 aliphatic rings. The van der Waals surface area contributed by atoms with Crippen molar-refractivity contribution in [3.8, 4) is 5.75 Å².